The highest BCUT2D eigenvalue weighted by molar-refractivity contribution is 5.93. The summed E-state index contributed by atoms with van der Waals surface area (Å²) in [5.74, 6) is -0.0895. The summed E-state index contributed by atoms with van der Waals surface area (Å²) in [6, 6.07) is 8.19. The molecule has 2 atom stereocenters. The minimum Gasteiger partial charge on any atom is -0.339 e. The third kappa shape index (κ3) is 5.20. The van der Waals surface area contributed by atoms with Gasteiger partial charge in [0.2, 0.25) is 5.91 Å². The van der Waals surface area contributed by atoms with E-state index in [9.17, 15) is 9.59 Å². The van der Waals surface area contributed by atoms with Crippen LogP contribution in [0.3, 0.4) is 0 Å². The summed E-state index contributed by atoms with van der Waals surface area (Å²) >= 11 is 0. The minimum atomic E-state index is -0.570. The number of carbonyl (C=O) groups is 2. The van der Waals surface area contributed by atoms with Gasteiger partial charge in [0.1, 0.15) is 6.04 Å². The van der Waals surface area contributed by atoms with Gasteiger partial charge in [-0.25, -0.2) is 4.79 Å². The summed E-state index contributed by atoms with van der Waals surface area (Å²) in [5, 5.41) is 5.35. The van der Waals surface area contributed by atoms with Crippen molar-refractivity contribution in [1.82, 2.24) is 10.2 Å². The van der Waals surface area contributed by atoms with Crippen LogP contribution < -0.4 is 16.4 Å². The summed E-state index contributed by atoms with van der Waals surface area (Å²) in [4.78, 5) is 25.8. The average molecular weight is 327 g/mol. The van der Waals surface area contributed by atoms with E-state index in [0.717, 1.165) is 12.8 Å². The zero-order chi connectivity index (χ0) is 15.2. The lowest BCUT2D eigenvalue weighted by atomic mass is 10.1. The summed E-state index contributed by atoms with van der Waals surface area (Å²) in [6.07, 6.45) is 1.86. The van der Waals surface area contributed by atoms with E-state index in [-0.39, 0.29) is 30.4 Å². The van der Waals surface area contributed by atoms with Crippen LogP contribution in [0.5, 0.6) is 0 Å². The lowest BCUT2D eigenvalue weighted by Gasteiger charge is -2.32. The molecular weight excluding hydrogens is 304 g/mol. The molecule has 6 nitrogen and oxygen atoms in total. The number of carbonyl (C=O) groups excluding carboxylic acids is 2. The molecule has 0 aliphatic carbocycles. The van der Waals surface area contributed by atoms with Crippen molar-refractivity contribution in [3.8, 4) is 0 Å². The predicted octanol–water partition coefficient (Wildman–Crippen LogP) is 1.57. The maximum Gasteiger partial charge on any atom is 0.319 e. The Bertz CT molecular complexity index is 498. The number of hydrogen-bond acceptors (Lipinski definition) is 3. The van der Waals surface area contributed by atoms with Crippen molar-refractivity contribution in [2.24, 2.45) is 5.73 Å². The molecule has 122 valence electrons. The molecule has 2 rings (SSSR count). The van der Waals surface area contributed by atoms with E-state index in [1.807, 2.05) is 18.2 Å². The van der Waals surface area contributed by atoms with Crippen molar-refractivity contribution in [2.75, 3.05) is 18.4 Å². The van der Waals surface area contributed by atoms with Gasteiger partial charge < -0.3 is 21.3 Å². The number of para-hydroxylation sites is 1. The molecule has 4 N–H and O–H groups in total. The number of urea groups is 1. The van der Waals surface area contributed by atoms with Crippen LogP contribution in [0.2, 0.25) is 0 Å². The van der Waals surface area contributed by atoms with Crippen molar-refractivity contribution in [1.29, 1.82) is 0 Å². The van der Waals surface area contributed by atoms with E-state index in [1.54, 1.807) is 24.0 Å². The van der Waals surface area contributed by atoms with Gasteiger partial charge in [-0.1, -0.05) is 18.2 Å². The van der Waals surface area contributed by atoms with Crippen LogP contribution >= 0.6 is 12.4 Å². The fraction of sp³-hybridized carbons (Fsp3) is 0.467. The number of piperidine rings is 1. The Kier molecular flexibility index (Phi) is 7.14. The van der Waals surface area contributed by atoms with Crippen molar-refractivity contribution in [2.45, 2.75) is 31.8 Å². The van der Waals surface area contributed by atoms with E-state index in [0.29, 0.717) is 18.8 Å². The largest absolute Gasteiger partial charge is 0.339 e. The Hall–Kier alpha value is -1.79. The molecule has 1 aromatic rings. The third-order valence-corrected chi connectivity index (χ3v) is 3.52. The van der Waals surface area contributed by atoms with Gasteiger partial charge in [0.25, 0.3) is 0 Å². The lowest BCUT2D eigenvalue weighted by Crippen LogP contribution is -2.53. The normalized spacial score (nSPS) is 18.8. The zero-order valence-electron chi connectivity index (χ0n) is 12.6. The first-order valence-corrected chi connectivity index (χ1v) is 7.23. The molecule has 0 spiro atoms. The first-order valence-electron chi connectivity index (χ1n) is 7.23. The van der Waals surface area contributed by atoms with Crippen LogP contribution in [0, 0.1) is 0 Å². The molecule has 1 aliphatic rings. The molecule has 1 heterocycles. The molecule has 0 saturated carbocycles. The van der Waals surface area contributed by atoms with E-state index in [4.69, 9.17) is 5.73 Å². The number of benzene rings is 1. The molecule has 1 saturated heterocycles. The van der Waals surface area contributed by atoms with Gasteiger partial charge in [-0.15, -0.1) is 12.4 Å². The Morgan fingerprint density at radius 1 is 1.32 bits per heavy atom. The highest BCUT2D eigenvalue weighted by atomic mass is 35.5. The highest BCUT2D eigenvalue weighted by Gasteiger charge is 2.26. The van der Waals surface area contributed by atoms with Gasteiger partial charge in [-0.3, -0.25) is 4.79 Å². The first kappa shape index (κ1) is 18.3. The average Bonchev–Trinajstić information content (AvgIpc) is 2.47. The monoisotopic (exact) mass is 326 g/mol. The molecular formula is C15H23ClN4O2. The van der Waals surface area contributed by atoms with Crippen molar-refractivity contribution in [3.05, 3.63) is 30.3 Å². The maximum absolute atomic E-state index is 12.3. The molecule has 0 radical (unpaired) electrons. The SMILES string of the molecule is CC(NC(=O)Nc1ccccc1)C(=O)N1CCCC(N)C1.Cl. The molecule has 1 aromatic carbocycles. The van der Waals surface area contributed by atoms with Gasteiger partial charge >= 0.3 is 6.03 Å². The number of nitrogens with two attached hydrogens (primary N) is 1. The molecule has 22 heavy (non-hydrogen) atoms. The number of likely N-dealkylation sites (tertiary alicyclic amines) is 1. The number of hydrogen-bond donors (Lipinski definition) is 3. The smallest absolute Gasteiger partial charge is 0.319 e. The van der Waals surface area contributed by atoms with E-state index in [2.05, 4.69) is 10.6 Å². The van der Waals surface area contributed by atoms with Crippen LogP contribution in [0.25, 0.3) is 0 Å². The number of amides is 3. The topological polar surface area (TPSA) is 87.5 Å². The van der Waals surface area contributed by atoms with Crippen molar-refractivity contribution >= 4 is 30.0 Å². The second kappa shape index (κ2) is 8.60. The highest BCUT2D eigenvalue weighted by Crippen LogP contribution is 2.10. The quantitative estimate of drug-likeness (QED) is 0.788. The lowest BCUT2D eigenvalue weighted by molar-refractivity contribution is -0.133. The number of nitrogens with one attached hydrogen (secondary N) is 2. The summed E-state index contributed by atoms with van der Waals surface area (Å²) < 4.78 is 0. The molecule has 1 fully saturated rings. The van der Waals surface area contributed by atoms with Crippen LogP contribution in [-0.4, -0.2) is 42.0 Å². The number of nitrogens with zero attached hydrogens (tertiary/aromatic N) is 1. The van der Waals surface area contributed by atoms with E-state index < -0.39 is 6.04 Å². The summed E-state index contributed by atoms with van der Waals surface area (Å²) in [7, 11) is 0. The number of anilines is 1. The second-order valence-corrected chi connectivity index (χ2v) is 5.37. The molecule has 7 heteroatoms. The number of rotatable bonds is 3. The Morgan fingerprint density at radius 3 is 2.64 bits per heavy atom. The Labute approximate surface area is 136 Å². The van der Waals surface area contributed by atoms with Crippen molar-refractivity contribution < 1.29 is 9.59 Å². The van der Waals surface area contributed by atoms with Gasteiger partial charge in [0, 0.05) is 24.8 Å². The standard InChI is InChI=1S/C15H22N4O2.ClH/c1-11(14(20)19-9-5-6-12(16)10-19)17-15(21)18-13-7-3-2-4-8-13;/h2-4,7-8,11-12H,5-6,9-10,16H2,1H3,(H2,17,18,21);1H. The molecule has 2 unspecified atom stereocenters. The fourth-order valence-electron chi connectivity index (χ4n) is 2.43. The maximum atomic E-state index is 12.3. The van der Waals surface area contributed by atoms with Gasteiger partial charge in [-0.2, -0.15) is 0 Å². The van der Waals surface area contributed by atoms with E-state index in [1.165, 1.54) is 0 Å². The summed E-state index contributed by atoms with van der Waals surface area (Å²) in [5.41, 5.74) is 6.56. The van der Waals surface area contributed by atoms with Crippen LogP contribution in [0.15, 0.2) is 30.3 Å². The first-order chi connectivity index (χ1) is 10.1. The van der Waals surface area contributed by atoms with Crippen LogP contribution in [0.4, 0.5) is 10.5 Å². The number of halogens is 1. The van der Waals surface area contributed by atoms with Crippen LogP contribution in [-0.2, 0) is 4.79 Å². The van der Waals surface area contributed by atoms with Gasteiger partial charge in [0.05, 0.1) is 0 Å². The Balaban J connectivity index is 0.00000242. The van der Waals surface area contributed by atoms with Gasteiger partial charge in [0.15, 0.2) is 0 Å². The summed E-state index contributed by atoms with van der Waals surface area (Å²) in [6.45, 7) is 2.96. The second-order valence-electron chi connectivity index (χ2n) is 5.37. The molecule has 0 aromatic heterocycles. The molecule has 3 amide bonds. The van der Waals surface area contributed by atoms with Crippen molar-refractivity contribution in [3.63, 3.8) is 0 Å². The van der Waals surface area contributed by atoms with Gasteiger partial charge in [-0.05, 0) is 31.9 Å². The third-order valence-electron chi connectivity index (χ3n) is 3.52. The van der Waals surface area contributed by atoms with Crippen LogP contribution in [0.1, 0.15) is 19.8 Å². The predicted molar refractivity (Wildman–Crippen MR) is 89.1 cm³/mol. The van der Waals surface area contributed by atoms with E-state index >= 15 is 0 Å². The minimum absolute atomic E-state index is 0. The molecule has 0 bridgehead atoms. The fourth-order valence-corrected chi connectivity index (χ4v) is 2.43. The zero-order valence-corrected chi connectivity index (χ0v) is 13.4. The Morgan fingerprint density at radius 2 is 2.00 bits per heavy atom. The molecule has 1 aliphatic heterocycles.